The minimum absolute atomic E-state index is 0.138. The third-order valence-electron chi connectivity index (χ3n) is 4.62. The number of carbonyl (C=O) groups excluding carboxylic acids is 2. The highest BCUT2D eigenvalue weighted by Gasteiger charge is 2.20. The summed E-state index contributed by atoms with van der Waals surface area (Å²) in [4.78, 5) is 33.7. The fourth-order valence-electron chi connectivity index (χ4n) is 3.18. The lowest BCUT2D eigenvalue weighted by Crippen LogP contribution is -2.16. The van der Waals surface area contributed by atoms with Crippen LogP contribution < -0.4 is 10.1 Å². The number of nitrogens with zero attached hydrogens (tertiary/aromatic N) is 1. The number of hydrogen-bond acceptors (Lipinski definition) is 7. The SMILES string of the molecule is CCOC(=O)c1cc(-c2ccccc2)sc1NC(=O)CSc1nc2ccc(OCC)cc2[nH]1. The minimum Gasteiger partial charge on any atom is -0.494 e. The van der Waals surface area contributed by atoms with Crippen LogP contribution >= 0.6 is 23.1 Å². The first-order valence-corrected chi connectivity index (χ1v) is 12.3. The van der Waals surface area contributed by atoms with Crippen LogP contribution in [0.2, 0.25) is 0 Å². The third-order valence-corrected chi connectivity index (χ3v) is 6.59. The van der Waals surface area contributed by atoms with Gasteiger partial charge in [0.2, 0.25) is 5.91 Å². The molecule has 0 unspecified atom stereocenters. The molecule has 33 heavy (non-hydrogen) atoms. The topological polar surface area (TPSA) is 93.3 Å². The molecule has 0 atom stereocenters. The summed E-state index contributed by atoms with van der Waals surface area (Å²) in [6.45, 7) is 4.53. The van der Waals surface area contributed by atoms with Gasteiger partial charge in [0, 0.05) is 10.9 Å². The zero-order valence-corrected chi connectivity index (χ0v) is 19.8. The van der Waals surface area contributed by atoms with Gasteiger partial charge in [-0.15, -0.1) is 11.3 Å². The highest BCUT2D eigenvalue weighted by molar-refractivity contribution is 7.99. The molecule has 4 rings (SSSR count). The van der Waals surface area contributed by atoms with Gasteiger partial charge in [-0.2, -0.15) is 0 Å². The number of esters is 1. The summed E-state index contributed by atoms with van der Waals surface area (Å²) in [6, 6.07) is 17.1. The number of fused-ring (bicyclic) bond motifs is 1. The molecule has 4 aromatic rings. The number of hydrogen-bond donors (Lipinski definition) is 2. The van der Waals surface area contributed by atoms with Crippen LogP contribution in [0.5, 0.6) is 5.75 Å². The van der Waals surface area contributed by atoms with Crippen LogP contribution in [0.25, 0.3) is 21.5 Å². The van der Waals surface area contributed by atoms with Crippen molar-refractivity contribution in [2.45, 2.75) is 19.0 Å². The van der Waals surface area contributed by atoms with Gasteiger partial charge in [-0.3, -0.25) is 4.79 Å². The Morgan fingerprint density at radius 3 is 2.67 bits per heavy atom. The molecule has 9 heteroatoms. The van der Waals surface area contributed by atoms with E-state index in [9.17, 15) is 9.59 Å². The molecule has 0 spiro atoms. The van der Waals surface area contributed by atoms with E-state index in [-0.39, 0.29) is 18.3 Å². The molecular weight excluding hydrogens is 458 g/mol. The van der Waals surface area contributed by atoms with Crippen LogP contribution in [0.15, 0.2) is 59.8 Å². The van der Waals surface area contributed by atoms with Gasteiger partial charge in [-0.05, 0) is 37.6 Å². The summed E-state index contributed by atoms with van der Waals surface area (Å²) in [5.41, 5.74) is 2.97. The predicted molar refractivity (Wildman–Crippen MR) is 132 cm³/mol. The van der Waals surface area contributed by atoms with Crippen LogP contribution in [0.4, 0.5) is 5.00 Å². The number of H-pyrrole nitrogens is 1. The van der Waals surface area contributed by atoms with Gasteiger partial charge in [0.05, 0.1) is 35.6 Å². The van der Waals surface area contributed by atoms with Crippen molar-refractivity contribution in [1.82, 2.24) is 9.97 Å². The lowest BCUT2D eigenvalue weighted by atomic mass is 10.1. The zero-order chi connectivity index (χ0) is 23.2. The average molecular weight is 482 g/mol. The summed E-state index contributed by atoms with van der Waals surface area (Å²) < 4.78 is 10.7. The van der Waals surface area contributed by atoms with Crippen molar-refractivity contribution in [3.8, 4) is 16.2 Å². The number of carbonyl (C=O) groups is 2. The lowest BCUT2D eigenvalue weighted by Gasteiger charge is -2.05. The summed E-state index contributed by atoms with van der Waals surface area (Å²) in [7, 11) is 0. The van der Waals surface area contributed by atoms with Crippen molar-refractivity contribution in [3.63, 3.8) is 0 Å². The molecular formula is C24H23N3O4S2. The number of nitrogens with one attached hydrogen (secondary N) is 2. The van der Waals surface area contributed by atoms with E-state index in [0.29, 0.717) is 22.3 Å². The molecule has 0 bridgehead atoms. The highest BCUT2D eigenvalue weighted by Crippen LogP contribution is 2.36. The van der Waals surface area contributed by atoms with E-state index in [1.807, 2.05) is 55.5 Å². The van der Waals surface area contributed by atoms with Crippen molar-refractivity contribution in [1.29, 1.82) is 0 Å². The van der Waals surface area contributed by atoms with Crippen LogP contribution in [0.1, 0.15) is 24.2 Å². The van der Waals surface area contributed by atoms with Crippen molar-refractivity contribution >= 4 is 51.0 Å². The number of anilines is 1. The fourth-order valence-corrected chi connectivity index (χ4v) is 4.93. The molecule has 0 aliphatic carbocycles. The maximum absolute atomic E-state index is 12.7. The smallest absolute Gasteiger partial charge is 0.341 e. The van der Waals surface area contributed by atoms with Crippen molar-refractivity contribution in [3.05, 3.63) is 60.2 Å². The molecule has 0 saturated heterocycles. The van der Waals surface area contributed by atoms with E-state index in [1.54, 1.807) is 13.0 Å². The van der Waals surface area contributed by atoms with Crippen molar-refractivity contribution in [2.24, 2.45) is 0 Å². The summed E-state index contributed by atoms with van der Waals surface area (Å²) in [5, 5.41) is 3.98. The quantitative estimate of drug-likeness (QED) is 0.239. The van der Waals surface area contributed by atoms with Gasteiger partial charge in [-0.1, -0.05) is 42.1 Å². The standard InChI is InChI=1S/C24H23N3O4S2/c1-3-30-16-10-11-18-19(12-16)26-24(25-18)32-14-21(28)27-22-17(23(29)31-4-2)13-20(33-22)15-8-6-5-7-9-15/h5-13H,3-4,14H2,1-2H3,(H,25,26)(H,27,28). The maximum atomic E-state index is 12.7. The van der Waals surface area contributed by atoms with Crippen LogP contribution in [0, 0.1) is 0 Å². The van der Waals surface area contributed by atoms with Crippen molar-refractivity contribution in [2.75, 3.05) is 24.3 Å². The number of rotatable bonds is 9. The molecule has 0 radical (unpaired) electrons. The van der Waals surface area contributed by atoms with E-state index >= 15 is 0 Å². The second-order valence-electron chi connectivity index (χ2n) is 6.93. The van der Waals surface area contributed by atoms with E-state index in [4.69, 9.17) is 9.47 Å². The number of thioether (sulfide) groups is 1. The van der Waals surface area contributed by atoms with Crippen LogP contribution in [-0.2, 0) is 9.53 Å². The largest absolute Gasteiger partial charge is 0.494 e. The number of aromatic amines is 1. The lowest BCUT2D eigenvalue weighted by molar-refractivity contribution is -0.113. The van der Waals surface area contributed by atoms with Crippen molar-refractivity contribution < 1.29 is 19.1 Å². The second kappa shape index (κ2) is 10.5. The van der Waals surface area contributed by atoms with Gasteiger partial charge in [0.15, 0.2) is 5.16 Å². The van der Waals surface area contributed by atoms with Gasteiger partial charge in [0.25, 0.3) is 0 Å². The normalized spacial score (nSPS) is 10.8. The first-order chi connectivity index (χ1) is 16.1. The van der Waals surface area contributed by atoms with Crippen LogP contribution in [0.3, 0.4) is 0 Å². The average Bonchev–Trinajstić information content (AvgIpc) is 3.42. The predicted octanol–water partition coefficient (Wildman–Crippen LogP) is 5.60. The highest BCUT2D eigenvalue weighted by atomic mass is 32.2. The number of imidazole rings is 1. The molecule has 0 saturated carbocycles. The minimum atomic E-state index is -0.457. The first-order valence-electron chi connectivity index (χ1n) is 10.5. The molecule has 2 N–H and O–H groups in total. The molecule has 2 heterocycles. The third kappa shape index (κ3) is 5.55. The van der Waals surface area contributed by atoms with E-state index in [1.165, 1.54) is 23.1 Å². The number of amides is 1. The Labute approximate surface area is 199 Å². The van der Waals surface area contributed by atoms with Gasteiger partial charge < -0.3 is 19.8 Å². The van der Waals surface area contributed by atoms with Gasteiger partial charge in [-0.25, -0.2) is 9.78 Å². The number of benzene rings is 2. The first kappa shape index (κ1) is 22.9. The molecule has 0 aliphatic heterocycles. The zero-order valence-electron chi connectivity index (χ0n) is 18.2. The Balaban J connectivity index is 1.46. The second-order valence-corrected chi connectivity index (χ2v) is 8.95. The summed E-state index contributed by atoms with van der Waals surface area (Å²) >= 11 is 2.64. The molecule has 2 aromatic heterocycles. The Bertz CT molecular complexity index is 1270. The van der Waals surface area contributed by atoms with Crippen LogP contribution in [-0.4, -0.2) is 40.8 Å². The van der Waals surface area contributed by atoms with E-state index in [2.05, 4.69) is 15.3 Å². The molecule has 2 aromatic carbocycles. The van der Waals surface area contributed by atoms with E-state index in [0.717, 1.165) is 27.2 Å². The molecule has 7 nitrogen and oxygen atoms in total. The Morgan fingerprint density at radius 2 is 1.91 bits per heavy atom. The molecule has 0 fully saturated rings. The number of ether oxygens (including phenoxy) is 2. The molecule has 170 valence electrons. The van der Waals surface area contributed by atoms with E-state index < -0.39 is 5.97 Å². The Hall–Kier alpha value is -3.30. The monoisotopic (exact) mass is 481 g/mol. The van der Waals surface area contributed by atoms with Gasteiger partial charge >= 0.3 is 5.97 Å². The molecule has 0 aliphatic rings. The number of thiophene rings is 1. The van der Waals surface area contributed by atoms with Gasteiger partial charge in [0.1, 0.15) is 10.8 Å². The fraction of sp³-hybridized carbons (Fsp3) is 0.208. The summed E-state index contributed by atoms with van der Waals surface area (Å²) in [5.74, 6) is 0.212. The Kier molecular flexibility index (Phi) is 7.31. The Morgan fingerprint density at radius 1 is 1.09 bits per heavy atom. The molecule has 1 amide bonds. The summed E-state index contributed by atoms with van der Waals surface area (Å²) in [6.07, 6.45) is 0. The maximum Gasteiger partial charge on any atom is 0.341 e. The number of aromatic nitrogens is 2.